The molecule has 4 saturated carbocycles. The number of carbonyl (C=O) groups excluding carboxylic acids is 2. The normalized spacial score (nSPS) is 41.5. The lowest BCUT2D eigenvalue weighted by Crippen LogP contribution is -2.62. The maximum absolute atomic E-state index is 12.6. The number of carbonyl (C=O) groups is 2. The minimum Gasteiger partial charge on any atom is -0.431 e. The predicted octanol–water partition coefficient (Wildman–Crippen LogP) is 4.17. The summed E-state index contributed by atoms with van der Waals surface area (Å²) in [5.74, 6) is 1.73. The summed E-state index contributed by atoms with van der Waals surface area (Å²) in [5.41, 5.74) is -0.0106. The molecule has 1 aliphatic heterocycles. The molecule has 1 aromatic heterocycles. The molecule has 4 aliphatic carbocycles. The number of hydrogen-bond donors (Lipinski definition) is 3. The Morgan fingerprint density at radius 2 is 1.92 bits per heavy atom. The number of amides is 3. The van der Waals surface area contributed by atoms with Gasteiger partial charge < -0.3 is 25.1 Å². The molecule has 1 aromatic rings. The van der Waals surface area contributed by atoms with Crippen molar-refractivity contribution in [2.75, 3.05) is 19.6 Å². The van der Waals surface area contributed by atoms with Crippen molar-refractivity contribution in [3.63, 3.8) is 0 Å². The summed E-state index contributed by atoms with van der Waals surface area (Å²) in [6, 6.07) is 3.46. The van der Waals surface area contributed by atoms with Gasteiger partial charge in [-0.15, -0.1) is 0 Å². The zero-order valence-electron chi connectivity index (χ0n) is 23.5. The molecule has 0 bridgehead atoms. The maximum atomic E-state index is 12.6. The summed E-state index contributed by atoms with van der Waals surface area (Å²) >= 11 is 0. The van der Waals surface area contributed by atoms with Gasteiger partial charge in [0.2, 0.25) is 5.91 Å². The van der Waals surface area contributed by atoms with Crippen LogP contribution in [0.15, 0.2) is 27.6 Å². The minimum atomic E-state index is -0.698. The second-order valence-electron chi connectivity index (χ2n) is 13.7. The Balaban J connectivity index is 1.08. The van der Waals surface area contributed by atoms with Crippen molar-refractivity contribution in [2.45, 2.75) is 102 Å². The standard InChI is InChI=1S/C31H45N3O5/c1-29-12-9-22(33-28(37)32-15-17-34-16-3-4-26(34)35)18-21(29)6-7-25-24(29)10-13-30(2)23(11-14-31(25,30)38)20-5-8-27(36)39-19-20/h5,8,19,21-25,38H,3-4,6-7,9-18H2,1-2H3,(H2,32,33,37)/t21-,22+,23-,24+,25-,29+,30-,31+/m1/s1. The largest absolute Gasteiger partial charge is 0.431 e. The summed E-state index contributed by atoms with van der Waals surface area (Å²) < 4.78 is 5.22. The fraction of sp³-hybridized carbons (Fsp3) is 0.774. The number of urea groups is 1. The van der Waals surface area contributed by atoms with Crippen LogP contribution in [-0.2, 0) is 4.79 Å². The Bertz CT molecular complexity index is 1150. The Kier molecular flexibility index (Phi) is 6.84. The van der Waals surface area contributed by atoms with Gasteiger partial charge in [0, 0.05) is 43.6 Å². The van der Waals surface area contributed by atoms with Crippen LogP contribution in [0.25, 0.3) is 0 Å². The summed E-state index contributed by atoms with van der Waals surface area (Å²) in [5, 5.41) is 18.6. The number of fused-ring (bicyclic) bond motifs is 5. The third-order valence-electron chi connectivity index (χ3n) is 12.2. The van der Waals surface area contributed by atoms with E-state index in [4.69, 9.17) is 4.42 Å². The monoisotopic (exact) mass is 539 g/mol. The van der Waals surface area contributed by atoms with Crippen LogP contribution in [0.5, 0.6) is 0 Å². The third kappa shape index (κ3) is 4.41. The van der Waals surface area contributed by atoms with E-state index in [1.165, 1.54) is 6.07 Å². The van der Waals surface area contributed by atoms with E-state index in [1.807, 2.05) is 11.0 Å². The number of aliphatic hydroxyl groups is 1. The average Bonchev–Trinajstić information content (AvgIpc) is 3.44. The molecule has 39 heavy (non-hydrogen) atoms. The summed E-state index contributed by atoms with van der Waals surface area (Å²) in [6.45, 7) is 6.61. The van der Waals surface area contributed by atoms with Gasteiger partial charge in [0.25, 0.3) is 0 Å². The molecule has 0 radical (unpaired) electrons. The molecule has 6 rings (SSSR count). The van der Waals surface area contributed by atoms with Crippen molar-refractivity contribution in [2.24, 2.45) is 28.6 Å². The molecule has 3 N–H and O–H groups in total. The van der Waals surface area contributed by atoms with Crippen LogP contribution >= 0.6 is 0 Å². The van der Waals surface area contributed by atoms with Gasteiger partial charge in [-0.3, -0.25) is 4.79 Å². The fourth-order valence-corrected chi connectivity index (χ4v) is 9.94. The van der Waals surface area contributed by atoms with Crippen molar-refractivity contribution in [3.05, 3.63) is 34.4 Å². The van der Waals surface area contributed by atoms with E-state index in [1.54, 1.807) is 6.26 Å². The highest BCUT2D eigenvalue weighted by molar-refractivity contribution is 5.78. The number of rotatable bonds is 5. The third-order valence-corrected chi connectivity index (χ3v) is 12.2. The summed E-state index contributed by atoms with van der Waals surface area (Å²) in [7, 11) is 0. The van der Waals surface area contributed by atoms with Crippen molar-refractivity contribution in [1.82, 2.24) is 15.5 Å². The van der Waals surface area contributed by atoms with E-state index in [2.05, 4.69) is 24.5 Å². The van der Waals surface area contributed by atoms with Crippen molar-refractivity contribution in [1.29, 1.82) is 0 Å². The van der Waals surface area contributed by atoms with Gasteiger partial charge in [0.15, 0.2) is 0 Å². The lowest BCUT2D eigenvalue weighted by atomic mass is 9.43. The highest BCUT2D eigenvalue weighted by Gasteiger charge is 2.67. The first-order valence-corrected chi connectivity index (χ1v) is 15.3. The predicted molar refractivity (Wildman–Crippen MR) is 147 cm³/mol. The zero-order valence-corrected chi connectivity index (χ0v) is 23.5. The Morgan fingerprint density at radius 3 is 2.67 bits per heavy atom. The van der Waals surface area contributed by atoms with Gasteiger partial charge >= 0.3 is 11.7 Å². The van der Waals surface area contributed by atoms with E-state index < -0.39 is 5.60 Å². The number of nitrogens with zero attached hydrogens (tertiary/aromatic N) is 1. The summed E-state index contributed by atoms with van der Waals surface area (Å²) in [6.07, 6.45) is 12.2. The van der Waals surface area contributed by atoms with Crippen LogP contribution in [0.3, 0.4) is 0 Å². The topological polar surface area (TPSA) is 112 Å². The molecule has 3 amide bonds. The van der Waals surface area contributed by atoms with Crippen molar-refractivity contribution >= 4 is 11.9 Å². The first kappa shape index (κ1) is 26.9. The highest BCUT2D eigenvalue weighted by atomic mass is 16.4. The van der Waals surface area contributed by atoms with E-state index in [9.17, 15) is 19.5 Å². The van der Waals surface area contributed by atoms with Crippen LogP contribution in [0, 0.1) is 28.6 Å². The molecule has 0 unspecified atom stereocenters. The van der Waals surface area contributed by atoms with Crippen molar-refractivity contribution < 1.29 is 19.1 Å². The maximum Gasteiger partial charge on any atom is 0.335 e. The van der Waals surface area contributed by atoms with Gasteiger partial charge in [-0.25, -0.2) is 9.59 Å². The molecular weight excluding hydrogens is 494 g/mol. The smallest absolute Gasteiger partial charge is 0.335 e. The molecule has 0 aromatic carbocycles. The second kappa shape index (κ2) is 9.93. The lowest BCUT2D eigenvalue weighted by molar-refractivity contribution is -0.201. The zero-order chi connectivity index (χ0) is 27.4. The van der Waals surface area contributed by atoms with E-state index in [0.717, 1.165) is 76.3 Å². The first-order chi connectivity index (χ1) is 18.6. The van der Waals surface area contributed by atoms with Crippen LogP contribution in [0.1, 0.15) is 96.0 Å². The van der Waals surface area contributed by atoms with Gasteiger partial charge in [-0.05, 0) is 105 Å². The van der Waals surface area contributed by atoms with Gasteiger partial charge in [0.05, 0.1) is 11.9 Å². The van der Waals surface area contributed by atoms with Crippen LogP contribution in [0.2, 0.25) is 0 Å². The number of nitrogens with one attached hydrogen (secondary N) is 2. The highest BCUT2D eigenvalue weighted by Crippen LogP contribution is 2.70. The molecule has 8 atom stereocenters. The van der Waals surface area contributed by atoms with E-state index in [-0.39, 0.29) is 40.4 Å². The minimum absolute atomic E-state index is 0.125. The molecule has 214 valence electrons. The summed E-state index contributed by atoms with van der Waals surface area (Å²) in [4.78, 5) is 37.8. The average molecular weight is 540 g/mol. The van der Waals surface area contributed by atoms with Crippen LogP contribution in [0.4, 0.5) is 4.79 Å². The SMILES string of the molecule is C[C@]12CC[C@H](NC(=O)NCCN3CCCC3=O)C[C@H]1CC[C@@H]1[C@@H]2CC[C@]2(C)[C@@H](c3ccc(=O)oc3)CC[C@]12O. The number of likely N-dealkylation sites (tertiary alicyclic amines) is 1. The molecule has 8 nitrogen and oxygen atoms in total. The Hall–Kier alpha value is -2.35. The van der Waals surface area contributed by atoms with Gasteiger partial charge in [-0.1, -0.05) is 13.8 Å². The van der Waals surface area contributed by atoms with E-state index >= 15 is 0 Å². The van der Waals surface area contributed by atoms with Gasteiger partial charge in [0.1, 0.15) is 0 Å². The number of hydrogen-bond acceptors (Lipinski definition) is 5. The van der Waals surface area contributed by atoms with Crippen LogP contribution in [-0.4, -0.2) is 53.2 Å². The first-order valence-electron chi connectivity index (χ1n) is 15.3. The van der Waals surface area contributed by atoms with Crippen LogP contribution < -0.4 is 16.3 Å². The van der Waals surface area contributed by atoms with E-state index in [0.29, 0.717) is 37.3 Å². The molecule has 8 heteroatoms. The molecule has 5 fully saturated rings. The van der Waals surface area contributed by atoms with Crippen molar-refractivity contribution in [3.8, 4) is 0 Å². The molecule has 1 saturated heterocycles. The Labute approximate surface area is 231 Å². The second-order valence-corrected chi connectivity index (χ2v) is 13.7. The fourth-order valence-electron chi connectivity index (χ4n) is 9.94. The lowest BCUT2D eigenvalue weighted by Gasteiger charge is -2.63. The Morgan fingerprint density at radius 1 is 1.08 bits per heavy atom. The quantitative estimate of drug-likeness (QED) is 0.520. The molecule has 2 heterocycles. The van der Waals surface area contributed by atoms with Gasteiger partial charge in [-0.2, -0.15) is 0 Å². The molecule has 5 aliphatic rings. The molecular formula is C31H45N3O5. The molecule has 0 spiro atoms.